The SMILES string of the molecule is O=C(CN1CCCC1)N/N=C/c1ccc(O)cc1. The Morgan fingerprint density at radius 2 is 2.00 bits per heavy atom. The lowest BCUT2D eigenvalue weighted by Crippen LogP contribution is -2.33. The number of nitrogens with zero attached hydrogens (tertiary/aromatic N) is 2. The van der Waals surface area contributed by atoms with E-state index in [4.69, 9.17) is 5.11 Å². The molecular weight excluding hydrogens is 230 g/mol. The van der Waals surface area contributed by atoms with Crippen molar-refractivity contribution < 1.29 is 9.90 Å². The minimum atomic E-state index is -0.0908. The van der Waals surface area contributed by atoms with Gasteiger partial charge >= 0.3 is 0 Å². The third-order valence-electron chi connectivity index (χ3n) is 2.86. The summed E-state index contributed by atoms with van der Waals surface area (Å²) in [5, 5.41) is 13.0. The van der Waals surface area contributed by atoms with Gasteiger partial charge in [-0.25, -0.2) is 5.43 Å². The molecule has 96 valence electrons. The van der Waals surface area contributed by atoms with Gasteiger partial charge in [0.2, 0.25) is 0 Å². The van der Waals surface area contributed by atoms with Crippen LogP contribution < -0.4 is 5.43 Å². The van der Waals surface area contributed by atoms with E-state index >= 15 is 0 Å². The lowest BCUT2D eigenvalue weighted by atomic mass is 10.2. The van der Waals surface area contributed by atoms with Crippen LogP contribution in [-0.4, -0.2) is 41.8 Å². The monoisotopic (exact) mass is 247 g/mol. The predicted molar refractivity (Wildman–Crippen MR) is 69.5 cm³/mol. The number of amides is 1. The van der Waals surface area contributed by atoms with Crippen LogP contribution in [-0.2, 0) is 4.79 Å². The van der Waals surface area contributed by atoms with Crippen LogP contribution in [0.5, 0.6) is 5.75 Å². The molecular formula is C13H17N3O2. The van der Waals surface area contributed by atoms with Gasteiger partial charge in [-0.1, -0.05) is 0 Å². The van der Waals surface area contributed by atoms with Gasteiger partial charge in [-0.15, -0.1) is 0 Å². The van der Waals surface area contributed by atoms with Crippen molar-refractivity contribution >= 4 is 12.1 Å². The van der Waals surface area contributed by atoms with Crippen LogP contribution in [0.15, 0.2) is 29.4 Å². The van der Waals surface area contributed by atoms with Gasteiger partial charge in [0.25, 0.3) is 5.91 Å². The normalized spacial score (nSPS) is 16.2. The molecule has 1 heterocycles. The van der Waals surface area contributed by atoms with Crippen LogP contribution in [0.1, 0.15) is 18.4 Å². The highest BCUT2D eigenvalue weighted by Crippen LogP contribution is 2.07. The zero-order valence-electron chi connectivity index (χ0n) is 10.2. The third-order valence-corrected chi connectivity index (χ3v) is 2.86. The molecule has 2 N–H and O–H groups in total. The number of benzene rings is 1. The Kier molecular flexibility index (Phi) is 4.30. The van der Waals surface area contributed by atoms with Crippen LogP contribution in [0, 0.1) is 0 Å². The Labute approximate surface area is 106 Å². The molecule has 1 amide bonds. The van der Waals surface area contributed by atoms with Crippen molar-refractivity contribution in [1.29, 1.82) is 0 Å². The molecule has 1 aromatic carbocycles. The maximum atomic E-state index is 11.5. The minimum Gasteiger partial charge on any atom is -0.508 e. The Balaban J connectivity index is 1.76. The van der Waals surface area contributed by atoms with Crippen LogP contribution >= 0.6 is 0 Å². The molecule has 0 aromatic heterocycles. The van der Waals surface area contributed by atoms with E-state index in [1.54, 1.807) is 30.5 Å². The van der Waals surface area contributed by atoms with Gasteiger partial charge in [-0.3, -0.25) is 9.69 Å². The van der Waals surface area contributed by atoms with Gasteiger partial charge in [-0.2, -0.15) is 5.10 Å². The Morgan fingerprint density at radius 1 is 1.33 bits per heavy atom. The number of aromatic hydroxyl groups is 1. The average Bonchev–Trinajstić information content (AvgIpc) is 2.84. The average molecular weight is 247 g/mol. The van der Waals surface area contributed by atoms with Crippen molar-refractivity contribution in [3.05, 3.63) is 29.8 Å². The molecule has 1 aliphatic heterocycles. The van der Waals surface area contributed by atoms with Crippen molar-refractivity contribution in [2.75, 3.05) is 19.6 Å². The van der Waals surface area contributed by atoms with Gasteiger partial charge in [-0.05, 0) is 55.8 Å². The highest BCUT2D eigenvalue weighted by Gasteiger charge is 2.14. The topological polar surface area (TPSA) is 64.9 Å². The van der Waals surface area contributed by atoms with E-state index < -0.39 is 0 Å². The molecule has 2 rings (SSSR count). The molecule has 1 fully saturated rings. The number of hydrogen-bond donors (Lipinski definition) is 2. The fourth-order valence-corrected chi connectivity index (χ4v) is 1.92. The quantitative estimate of drug-likeness (QED) is 0.614. The molecule has 0 spiro atoms. The van der Waals surface area contributed by atoms with E-state index in [0.29, 0.717) is 6.54 Å². The van der Waals surface area contributed by atoms with Crippen molar-refractivity contribution in [3.8, 4) is 5.75 Å². The van der Waals surface area contributed by atoms with E-state index in [1.807, 2.05) is 0 Å². The maximum absolute atomic E-state index is 11.5. The van der Waals surface area contributed by atoms with Crippen molar-refractivity contribution in [1.82, 2.24) is 10.3 Å². The summed E-state index contributed by atoms with van der Waals surface area (Å²) < 4.78 is 0. The summed E-state index contributed by atoms with van der Waals surface area (Å²) in [7, 11) is 0. The fraction of sp³-hybridized carbons (Fsp3) is 0.385. The highest BCUT2D eigenvalue weighted by atomic mass is 16.3. The standard InChI is InChI=1S/C13H17N3O2/c17-12-5-3-11(4-6-12)9-14-15-13(18)10-16-7-1-2-8-16/h3-6,9,17H,1-2,7-8,10H2,(H,15,18)/b14-9+. The summed E-state index contributed by atoms with van der Waals surface area (Å²) in [5.41, 5.74) is 3.33. The summed E-state index contributed by atoms with van der Waals surface area (Å²) in [4.78, 5) is 13.7. The number of likely N-dealkylation sites (tertiary alicyclic amines) is 1. The first kappa shape index (κ1) is 12.6. The van der Waals surface area contributed by atoms with Crippen LogP contribution in [0.25, 0.3) is 0 Å². The Morgan fingerprint density at radius 3 is 2.67 bits per heavy atom. The number of phenols is 1. The van der Waals surface area contributed by atoms with Gasteiger partial charge < -0.3 is 5.11 Å². The predicted octanol–water partition coefficient (Wildman–Crippen LogP) is 0.938. The molecule has 0 saturated carbocycles. The summed E-state index contributed by atoms with van der Waals surface area (Å²) in [6.07, 6.45) is 3.90. The number of rotatable bonds is 4. The molecule has 1 saturated heterocycles. The van der Waals surface area contributed by atoms with Crippen molar-refractivity contribution in [3.63, 3.8) is 0 Å². The summed E-state index contributed by atoms with van der Waals surface area (Å²) >= 11 is 0. The molecule has 1 aromatic rings. The van der Waals surface area contributed by atoms with E-state index in [1.165, 1.54) is 12.8 Å². The van der Waals surface area contributed by atoms with E-state index in [-0.39, 0.29) is 11.7 Å². The van der Waals surface area contributed by atoms with Gasteiger partial charge in [0.15, 0.2) is 0 Å². The van der Waals surface area contributed by atoms with Crippen LogP contribution in [0.3, 0.4) is 0 Å². The number of phenolic OH excluding ortho intramolecular Hbond substituents is 1. The second-order valence-corrected chi connectivity index (χ2v) is 4.37. The van der Waals surface area contributed by atoms with Crippen LogP contribution in [0.2, 0.25) is 0 Å². The first-order valence-corrected chi connectivity index (χ1v) is 6.07. The Hall–Kier alpha value is -1.88. The lowest BCUT2D eigenvalue weighted by molar-refractivity contribution is -0.121. The molecule has 0 atom stereocenters. The zero-order valence-corrected chi connectivity index (χ0v) is 10.2. The lowest BCUT2D eigenvalue weighted by Gasteiger charge is -2.12. The largest absolute Gasteiger partial charge is 0.508 e. The maximum Gasteiger partial charge on any atom is 0.254 e. The number of hydrogen-bond acceptors (Lipinski definition) is 4. The summed E-state index contributed by atoms with van der Waals surface area (Å²) in [5.74, 6) is 0.122. The molecule has 5 nitrogen and oxygen atoms in total. The number of carbonyl (C=O) groups excluding carboxylic acids is 1. The minimum absolute atomic E-state index is 0.0908. The second-order valence-electron chi connectivity index (χ2n) is 4.37. The fourth-order valence-electron chi connectivity index (χ4n) is 1.92. The molecule has 0 unspecified atom stereocenters. The molecule has 0 aliphatic carbocycles. The highest BCUT2D eigenvalue weighted by molar-refractivity contribution is 5.83. The Bertz CT molecular complexity index is 422. The second kappa shape index (κ2) is 6.16. The van der Waals surface area contributed by atoms with E-state index in [9.17, 15) is 4.79 Å². The third kappa shape index (κ3) is 3.85. The van der Waals surface area contributed by atoms with Crippen molar-refractivity contribution in [2.45, 2.75) is 12.8 Å². The first-order chi connectivity index (χ1) is 8.74. The smallest absolute Gasteiger partial charge is 0.254 e. The van der Waals surface area contributed by atoms with E-state index in [2.05, 4.69) is 15.4 Å². The van der Waals surface area contributed by atoms with Gasteiger partial charge in [0, 0.05) is 0 Å². The van der Waals surface area contributed by atoms with Gasteiger partial charge in [0.05, 0.1) is 12.8 Å². The first-order valence-electron chi connectivity index (χ1n) is 6.07. The molecule has 5 heteroatoms. The number of carbonyl (C=O) groups is 1. The molecule has 0 bridgehead atoms. The van der Waals surface area contributed by atoms with Crippen LogP contribution in [0.4, 0.5) is 0 Å². The zero-order chi connectivity index (χ0) is 12.8. The number of hydrazone groups is 1. The molecule has 18 heavy (non-hydrogen) atoms. The summed E-state index contributed by atoms with van der Waals surface area (Å²) in [6, 6.07) is 6.61. The summed E-state index contributed by atoms with van der Waals surface area (Å²) in [6.45, 7) is 2.40. The number of nitrogens with one attached hydrogen (secondary N) is 1. The van der Waals surface area contributed by atoms with Crippen molar-refractivity contribution in [2.24, 2.45) is 5.10 Å². The molecule has 1 aliphatic rings. The van der Waals surface area contributed by atoms with E-state index in [0.717, 1.165) is 18.7 Å². The molecule has 0 radical (unpaired) electrons. The van der Waals surface area contributed by atoms with Gasteiger partial charge in [0.1, 0.15) is 5.75 Å².